The summed E-state index contributed by atoms with van der Waals surface area (Å²) in [5.41, 5.74) is 0. The number of hydrogen-bond acceptors (Lipinski definition) is 7. The molecule has 0 aliphatic rings. The Labute approximate surface area is 450 Å². The summed E-state index contributed by atoms with van der Waals surface area (Å²) >= 11 is 0. The number of phosphoric acid groups is 1. The molecule has 0 aromatic carbocycles. The minimum absolute atomic E-state index is 0.0328. The first-order valence-corrected chi connectivity index (χ1v) is 31.4. The Morgan fingerprint density at radius 2 is 0.836 bits per heavy atom. The number of rotatable bonds is 53. The fraction of sp³-hybridized carbons (Fsp3) is 0.746. The minimum Gasteiger partial charge on any atom is -0.756 e. The maximum absolute atomic E-state index is 13.5. The topological polar surface area (TPSA) is 114 Å². The van der Waals surface area contributed by atoms with E-state index in [1.165, 1.54) is 96.3 Å². The summed E-state index contributed by atoms with van der Waals surface area (Å²) in [5.74, 6) is -0.584. The molecule has 0 spiro atoms. The van der Waals surface area contributed by atoms with Crippen molar-refractivity contribution in [2.24, 2.45) is 0 Å². The highest BCUT2D eigenvalue weighted by Crippen LogP contribution is 2.38. The van der Waals surface area contributed by atoms with Crippen molar-refractivity contribution in [2.75, 3.05) is 40.9 Å². The van der Waals surface area contributed by atoms with E-state index >= 15 is 0 Å². The van der Waals surface area contributed by atoms with Gasteiger partial charge in [0.2, 0.25) is 5.91 Å². The fourth-order valence-electron chi connectivity index (χ4n) is 8.12. The van der Waals surface area contributed by atoms with Crippen molar-refractivity contribution in [3.05, 3.63) is 85.1 Å². The van der Waals surface area contributed by atoms with Gasteiger partial charge in [0.15, 0.2) is 0 Å². The van der Waals surface area contributed by atoms with E-state index in [9.17, 15) is 19.0 Å². The van der Waals surface area contributed by atoms with Gasteiger partial charge in [-0.1, -0.05) is 215 Å². The van der Waals surface area contributed by atoms with Crippen molar-refractivity contribution in [3.8, 4) is 0 Å². The average molecular weight is 1040 g/mol. The zero-order valence-electron chi connectivity index (χ0n) is 48.1. The number of esters is 1. The van der Waals surface area contributed by atoms with Gasteiger partial charge >= 0.3 is 5.97 Å². The molecule has 0 saturated carbocycles. The second kappa shape index (κ2) is 52.6. The number of likely N-dealkylation sites (N-methyl/N-ethyl adjacent to an activating group) is 1. The maximum atomic E-state index is 13.5. The molecule has 3 unspecified atom stereocenters. The van der Waals surface area contributed by atoms with Crippen molar-refractivity contribution in [3.63, 3.8) is 0 Å². The first kappa shape index (κ1) is 70.2. The molecule has 0 saturated heterocycles. The lowest BCUT2D eigenvalue weighted by molar-refractivity contribution is -0.870. The van der Waals surface area contributed by atoms with Crippen LogP contribution in [-0.2, 0) is 27.9 Å². The van der Waals surface area contributed by atoms with Crippen LogP contribution in [0.2, 0.25) is 0 Å². The number of phosphoric ester groups is 1. The number of quaternary nitrogens is 1. The largest absolute Gasteiger partial charge is 0.756 e. The molecule has 0 fully saturated rings. The van der Waals surface area contributed by atoms with E-state index in [-0.39, 0.29) is 31.3 Å². The van der Waals surface area contributed by atoms with Crippen LogP contribution in [0.1, 0.15) is 252 Å². The summed E-state index contributed by atoms with van der Waals surface area (Å²) in [6.45, 7) is 6.75. The molecular weight excluding hydrogens is 928 g/mol. The Balaban J connectivity index is 5.34. The standard InChI is InChI=1S/C63H113N2O7P/c1-7-10-13-16-19-22-25-27-29-31-32-34-36-38-41-44-47-50-53-56-63(67)72-61(54-51-48-45-42-39-24-21-18-15-12-9-3)60(59-71-73(68,69)70-58-57-65(4,5)6)64-62(66)55-52-49-46-43-40-37-35-33-30-28-26-23-20-17-14-11-8-2/h19-20,22-23,27-30,32,34-35,37,51,54,60-61H,7-18,21,24-26,31,33,36,38-50,52-53,55-59H2,1-6H3,(H-,64,66,68,69)/b22-19-,23-20-,29-27-,30-28-,34-32-,37-35-,54-51+. The molecule has 10 heteroatoms. The monoisotopic (exact) mass is 1040 g/mol. The molecule has 422 valence electrons. The van der Waals surface area contributed by atoms with Crippen LogP contribution in [0.4, 0.5) is 0 Å². The number of carbonyl (C=O) groups is 2. The molecule has 1 N–H and O–H groups in total. The molecule has 0 heterocycles. The summed E-state index contributed by atoms with van der Waals surface area (Å²) in [6, 6.07) is -0.909. The van der Waals surface area contributed by atoms with Crippen molar-refractivity contribution >= 4 is 19.7 Å². The highest BCUT2D eigenvalue weighted by Gasteiger charge is 2.27. The SMILES string of the molecule is CCCCC/C=C\C/C=C\C/C=C\CCCCCCCCC(=O)OC(/C=C/CCCCCCCCCCC)C(COP(=O)([O-])OCC[N+](C)(C)C)NC(=O)CCCCCC/C=C\C/C=C\C/C=C\CCCCC. The first-order chi connectivity index (χ1) is 35.4. The van der Waals surface area contributed by atoms with Crippen LogP contribution in [0.15, 0.2) is 85.1 Å². The van der Waals surface area contributed by atoms with Gasteiger partial charge < -0.3 is 28.5 Å². The van der Waals surface area contributed by atoms with E-state index in [0.29, 0.717) is 23.9 Å². The lowest BCUT2D eigenvalue weighted by atomic mass is 10.1. The van der Waals surface area contributed by atoms with Crippen LogP contribution in [0.3, 0.4) is 0 Å². The number of ether oxygens (including phenoxy) is 1. The molecule has 0 aromatic heterocycles. The smallest absolute Gasteiger partial charge is 0.306 e. The molecule has 0 radical (unpaired) electrons. The van der Waals surface area contributed by atoms with Crippen molar-refractivity contribution in [1.82, 2.24) is 5.32 Å². The first-order valence-electron chi connectivity index (χ1n) is 29.9. The number of nitrogens with zero attached hydrogens (tertiary/aromatic N) is 1. The minimum atomic E-state index is -4.71. The highest BCUT2D eigenvalue weighted by molar-refractivity contribution is 7.45. The third-order valence-corrected chi connectivity index (χ3v) is 13.8. The summed E-state index contributed by atoms with van der Waals surface area (Å²) in [6.07, 6.45) is 68.3. The summed E-state index contributed by atoms with van der Waals surface area (Å²) in [5, 5.41) is 3.01. The maximum Gasteiger partial charge on any atom is 0.306 e. The Hall–Kier alpha value is -2.81. The molecule has 0 aliphatic carbocycles. The van der Waals surface area contributed by atoms with E-state index in [2.05, 4.69) is 99.0 Å². The molecule has 0 aliphatic heterocycles. The van der Waals surface area contributed by atoms with Crippen molar-refractivity contribution < 1.29 is 37.3 Å². The molecule has 9 nitrogen and oxygen atoms in total. The zero-order chi connectivity index (χ0) is 53.6. The van der Waals surface area contributed by atoms with E-state index in [4.69, 9.17) is 13.8 Å². The molecule has 0 aromatic rings. The third kappa shape index (κ3) is 53.8. The highest BCUT2D eigenvalue weighted by atomic mass is 31.2. The number of amides is 1. The molecule has 0 bridgehead atoms. The average Bonchev–Trinajstić information content (AvgIpc) is 3.35. The summed E-state index contributed by atoms with van der Waals surface area (Å²) < 4.78 is 30.2. The normalized spacial score (nSPS) is 14.3. The predicted molar refractivity (Wildman–Crippen MR) is 311 cm³/mol. The number of hydrogen-bond donors (Lipinski definition) is 1. The number of allylic oxidation sites excluding steroid dienone is 13. The van der Waals surface area contributed by atoms with Crippen LogP contribution in [0, 0.1) is 0 Å². The number of carbonyl (C=O) groups excluding carboxylic acids is 2. The molecule has 3 atom stereocenters. The van der Waals surface area contributed by atoms with Crippen LogP contribution >= 0.6 is 7.82 Å². The van der Waals surface area contributed by atoms with Gasteiger partial charge in [-0.25, -0.2) is 0 Å². The van der Waals surface area contributed by atoms with Crippen LogP contribution in [0.25, 0.3) is 0 Å². The van der Waals surface area contributed by atoms with Crippen LogP contribution in [-0.4, -0.2) is 69.4 Å². The van der Waals surface area contributed by atoms with E-state index in [0.717, 1.165) is 109 Å². The zero-order valence-corrected chi connectivity index (χ0v) is 49.0. The van der Waals surface area contributed by atoms with Crippen LogP contribution in [0.5, 0.6) is 0 Å². The van der Waals surface area contributed by atoms with Gasteiger partial charge in [0.25, 0.3) is 7.82 Å². The van der Waals surface area contributed by atoms with Crippen LogP contribution < -0.4 is 10.2 Å². The molecule has 0 rings (SSSR count). The third-order valence-electron chi connectivity index (χ3n) is 12.8. The second-order valence-electron chi connectivity index (χ2n) is 21.1. The molecule has 1 amide bonds. The van der Waals surface area contributed by atoms with E-state index < -0.39 is 26.6 Å². The quantitative estimate of drug-likeness (QED) is 0.0212. The van der Waals surface area contributed by atoms with Gasteiger partial charge in [0, 0.05) is 12.8 Å². The van der Waals surface area contributed by atoms with Crippen molar-refractivity contribution in [2.45, 2.75) is 264 Å². The second-order valence-corrected chi connectivity index (χ2v) is 22.6. The lowest BCUT2D eigenvalue weighted by Gasteiger charge is -2.30. The number of nitrogens with one attached hydrogen (secondary N) is 1. The lowest BCUT2D eigenvalue weighted by Crippen LogP contribution is -2.47. The Bertz CT molecular complexity index is 1530. The molecular formula is C63H113N2O7P. The van der Waals surface area contributed by atoms with Gasteiger partial charge in [-0.2, -0.15) is 0 Å². The van der Waals surface area contributed by atoms with Crippen molar-refractivity contribution in [1.29, 1.82) is 0 Å². The molecule has 73 heavy (non-hydrogen) atoms. The summed E-state index contributed by atoms with van der Waals surface area (Å²) in [7, 11) is 1.15. The fourth-order valence-corrected chi connectivity index (χ4v) is 8.85. The predicted octanol–water partition coefficient (Wildman–Crippen LogP) is 17.6. The Morgan fingerprint density at radius 1 is 0.479 bits per heavy atom. The Morgan fingerprint density at radius 3 is 1.27 bits per heavy atom. The van der Waals surface area contributed by atoms with Gasteiger partial charge in [0.1, 0.15) is 19.3 Å². The van der Waals surface area contributed by atoms with E-state index in [1.54, 1.807) is 0 Å². The van der Waals surface area contributed by atoms with Gasteiger partial charge in [0.05, 0.1) is 33.8 Å². The number of unbranched alkanes of at least 4 members (excludes halogenated alkanes) is 25. The van der Waals surface area contributed by atoms with Gasteiger partial charge in [-0.15, -0.1) is 0 Å². The van der Waals surface area contributed by atoms with Gasteiger partial charge in [-0.05, 0) is 109 Å². The Kier molecular flexibility index (Phi) is 50.6. The van der Waals surface area contributed by atoms with Gasteiger partial charge in [-0.3, -0.25) is 14.2 Å². The summed E-state index contributed by atoms with van der Waals surface area (Å²) in [4.78, 5) is 39.9. The van der Waals surface area contributed by atoms with E-state index in [1.807, 2.05) is 33.3 Å².